The molecule has 0 N–H and O–H groups in total. The zero-order chi connectivity index (χ0) is 14.0. The number of rotatable bonds is 2. The first-order valence-electron chi connectivity index (χ1n) is 7.70. The smallest absolute Gasteiger partial charge is 0.135 e. The summed E-state index contributed by atoms with van der Waals surface area (Å²) in [5.41, 5.74) is 1.76. The lowest BCUT2D eigenvalue weighted by Crippen LogP contribution is -2.40. The summed E-state index contributed by atoms with van der Waals surface area (Å²) in [4.78, 5) is 6.64. The highest BCUT2D eigenvalue weighted by atomic mass is 35.5. The molecule has 2 aliphatic rings. The SMILES string of the molecule is Clc1ccc(CN2CCC3(CCCCC3)CC2)c(Cl)n1. The van der Waals surface area contributed by atoms with Gasteiger partial charge in [0, 0.05) is 12.1 Å². The van der Waals surface area contributed by atoms with Gasteiger partial charge in [-0.3, -0.25) is 4.90 Å². The topological polar surface area (TPSA) is 16.1 Å². The lowest BCUT2D eigenvalue weighted by atomic mass is 9.68. The molecule has 0 aromatic carbocycles. The molecule has 3 rings (SSSR count). The maximum absolute atomic E-state index is 6.17. The van der Waals surface area contributed by atoms with Gasteiger partial charge >= 0.3 is 0 Å². The van der Waals surface area contributed by atoms with Gasteiger partial charge in [-0.15, -0.1) is 0 Å². The predicted octanol–water partition coefficient (Wildman–Crippen LogP) is 4.93. The average Bonchev–Trinajstić information content (AvgIpc) is 2.45. The molecule has 0 bridgehead atoms. The van der Waals surface area contributed by atoms with Gasteiger partial charge in [-0.05, 0) is 50.3 Å². The van der Waals surface area contributed by atoms with Gasteiger partial charge in [-0.25, -0.2) is 4.98 Å². The second-order valence-corrected chi connectivity index (χ2v) is 7.17. The molecular weight excluding hydrogens is 291 g/mol. The third-order valence-corrected chi connectivity index (χ3v) is 5.65. The van der Waals surface area contributed by atoms with E-state index in [4.69, 9.17) is 23.2 Å². The first-order valence-corrected chi connectivity index (χ1v) is 8.46. The van der Waals surface area contributed by atoms with E-state index in [1.54, 1.807) is 0 Å². The predicted molar refractivity (Wildman–Crippen MR) is 84.3 cm³/mol. The quantitative estimate of drug-likeness (QED) is 0.719. The highest BCUT2D eigenvalue weighted by molar-refractivity contribution is 6.32. The highest BCUT2D eigenvalue weighted by Crippen LogP contribution is 2.44. The van der Waals surface area contributed by atoms with E-state index >= 15 is 0 Å². The van der Waals surface area contributed by atoms with Crippen molar-refractivity contribution < 1.29 is 0 Å². The van der Waals surface area contributed by atoms with E-state index in [9.17, 15) is 0 Å². The number of halogens is 2. The molecule has 0 amide bonds. The molecule has 4 heteroatoms. The van der Waals surface area contributed by atoms with Crippen LogP contribution in [0.5, 0.6) is 0 Å². The van der Waals surface area contributed by atoms with Crippen molar-refractivity contribution in [2.75, 3.05) is 13.1 Å². The number of piperidine rings is 1. The molecule has 0 unspecified atom stereocenters. The van der Waals surface area contributed by atoms with Crippen molar-refractivity contribution in [3.63, 3.8) is 0 Å². The van der Waals surface area contributed by atoms with E-state index in [-0.39, 0.29) is 0 Å². The first kappa shape index (κ1) is 14.6. The Kier molecular flexibility index (Phi) is 4.54. The van der Waals surface area contributed by atoms with Crippen LogP contribution >= 0.6 is 23.2 Å². The molecule has 1 saturated carbocycles. The van der Waals surface area contributed by atoms with Crippen molar-refractivity contribution in [2.45, 2.75) is 51.5 Å². The summed E-state index contributed by atoms with van der Waals surface area (Å²) in [5, 5.41) is 1.02. The Hall–Kier alpha value is -0.310. The number of hydrogen-bond acceptors (Lipinski definition) is 2. The number of aromatic nitrogens is 1. The molecule has 1 aromatic rings. The summed E-state index contributed by atoms with van der Waals surface area (Å²) in [6.45, 7) is 3.29. The van der Waals surface area contributed by atoms with E-state index in [0.29, 0.717) is 15.7 Å². The Labute approximate surface area is 131 Å². The minimum absolute atomic E-state index is 0.471. The highest BCUT2D eigenvalue weighted by Gasteiger charge is 2.35. The summed E-state index contributed by atoms with van der Waals surface area (Å²) in [7, 11) is 0. The summed E-state index contributed by atoms with van der Waals surface area (Å²) >= 11 is 12.0. The van der Waals surface area contributed by atoms with Crippen LogP contribution in [0.15, 0.2) is 12.1 Å². The average molecular weight is 313 g/mol. The fourth-order valence-electron chi connectivity index (χ4n) is 3.79. The number of pyridine rings is 1. The molecule has 110 valence electrons. The van der Waals surface area contributed by atoms with E-state index in [2.05, 4.69) is 9.88 Å². The fraction of sp³-hybridized carbons (Fsp3) is 0.688. The summed E-state index contributed by atoms with van der Waals surface area (Å²) < 4.78 is 0. The number of hydrogen-bond donors (Lipinski definition) is 0. The largest absolute Gasteiger partial charge is 0.299 e. The van der Waals surface area contributed by atoms with Gasteiger partial charge in [0.15, 0.2) is 0 Å². The zero-order valence-electron chi connectivity index (χ0n) is 11.9. The van der Waals surface area contributed by atoms with Gasteiger partial charge in [0.2, 0.25) is 0 Å². The van der Waals surface area contributed by atoms with Gasteiger partial charge in [0.1, 0.15) is 10.3 Å². The Bertz CT molecular complexity index is 460. The summed E-state index contributed by atoms with van der Waals surface area (Å²) in [6, 6.07) is 3.83. The van der Waals surface area contributed by atoms with Gasteiger partial charge in [-0.1, -0.05) is 48.5 Å². The zero-order valence-corrected chi connectivity index (χ0v) is 13.4. The molecule has 0 atom stereocenters. The van der Waals surface area contributed by atoms with Crippen LogP contribution in [-0.2, 0) is 6.54 Å². The monoisotopic (exact) mass is 312 g/mol. The molecule has 2 heterocycles. The van der Waals surface area contributed by atoms with Gasteiger partial charge in [-0.2, -0.15) is 0 Å². The molecule has 1 aliphatic carbocycles. The van der Waals surface area contributed by atoms with Crippen molar-refractivity contribution in [1.82, 2.24) is 9.88 Å². The van der Waals surface area contributed by atoms with Crippen molar-refractivity contribution in [3.05, 3.63) is 28.0 Å². The lowest BCUT2D eigenvalue weighted by Gasteiger charge is -2.44. The molecule has 1 saturated heterocycles. The van der Waals surface area contributed by atoms with Crippen molar-refractivity contribution >= 4 is 23.2 Å². The fourth-order valence-corrected chi connectivity index (χ4v) is 4.19. The minimum Gasteiger partial charge on any atom is -0.299 e. The van der Waals surface area contributed by atoms with Gasteiger partial charge in [0.25, 0.3) is 0 Å². The maximum atomic E-state index is 6.17. The third-order valence-electron chi connectivity index (χ3n) is 5.12. The molecule has 20 heavy (non-hydrogen) atoms. The standard InChI is InChI=1S/C16H22Cl2N2/c17-14-5-4-13(15(18)19-14)12-20-10-8-16(9-11-20)6-2-1-3-7-16/h4-5H,1-3,6-12H2. The van der Waals surface area contributed by atoms with E-state index in [0.717, 1.165) is 12.1 Å². The van der Waals surface area contributed by atoms with Crippen LogP contribution in [0.2, 0.25) is 10.3 Å². The summed E-state index contributed by atoms with van der Waals surface area (Å²) in [6.07, 6.45) is 9.92. The van der Waals surface area contributed by atoms with E-state index in [1.807, 2.05) is 12.1 Å². The number of nitrogens with zero attached hydrogens (tertiary/aromatic N) is 2. The van der Waals surface area contributed by atoms with Crippen LogP contribution in [-0.4, -0.2) is 23.0 Å². The van der Waals surface area contributed by atoms with Crippen molar-refractivity contribution in [3.8, 4) is 0 Å². The molecule has 0 radical (unpaired) electrons. The molecule has 1 aromatic heterocycles. The van der Waals surface area contributed by atoms with Crippen LogP contribution < -0.4 is 0 Å². The van der Waals surface area contributed by atoms with Crippen molar-refractivity contribution in [1.29, 1.82) is 0 Å². The van der Waals surface area contributed by atoms with Crippen LogP contribution in [0.25, 0.3) is 0 Å². The second kappa shape index (κ2) is 6.21. The Morgan fingerprint density at radius 2 is 1.70 bits per heavy atom. The lowest BCUT2D eigenvalue weighted by molar-refractivity contribution is 0.0641. The normalized spacial score (nSPS) is 23.1. The van der Waals surface area contributed by atoms with Crippen LogP contribution in [0, 0.1) is 5.41 Å². The van der Waals surface area contributed by atoms with E-state index < -0.39 is 0 Å². The summed E-state index contributed by atoms with van der Waals surface area (Å²) in [5.74, 6) is 0. The Morgan fingerprint density at radius 1 is 1.00 bits per heavy atom. The maximum Gasteiger partial charge on any atom is 0.135 e. The molecule has 2 fully saturated rings. The van der Waals surface area contributed by atoms with Gasteiger partial charge in [0.05, 0.1) is 0 Å². The molecule has 1 aliphatic heterocycles. The second-order valence-electron chi connectivity index (χ2n) is 6.42. The van der Waals surface area contributed by atoms with Crippen LogP contribution in [0.1, 0.15) is 50.5 Å². The molecule has 2 nitrogen and oxygen atoms in total. The Morgan fingerprint density at radius 3 is 2.35 bits per heavy atom. The van der Waals surface area contributed by atoms with E-state index in [1.165, 1.54) is 58.0 Å². The first-order chi connectivity index (χ1) is 9.67. The number of likely N-dealkylation sites (tertiary alicyclic amines) is 1. The van der Waals surface area contributed by atoms with Gasteiger partial charge < -0.3 is 0 Å². The van der Waals surface area contributed by atoms with Crippen LogP contribution in [0.4, 0.5) is 0 Å². The molecular formula is C16H22Cl2N2. The Balaban J connectivity index is 1.58. The minimum atomic E-state index is 0.471. The molecule has 1 spiro atoms. The van der Waals surface area contributed by atoms with Crippen LogP contribution in [0.3, 0.4) is 0 Å². The third kappa shape index (κ3) is 3.29. The van der Waals surface area contributed by atoms with Crippen molar-refractivity contribution in [2.24, 2.45) is 5.41 Å².